The summed E-state index contributed by atoms with van der Waals surface area (Å²) in [5.41, 5.74) is 0.966. The first kappa shape index (κ1) is 11.1. The van der Waals surface area contributed by atoms with Crippen LogP contribution in [-0.4, -0.2) is 10.1 Å². The Morgan fingerprint density at radius 1 is 1.47 bits per heavy atom. The summed E-state index contributed by atoms with van der Waals surface area (Å²) >= 11 is 10.8. The number of thiazole rings is 1. The Morgan fingerprint density at radius 2 is 2.27 bits per heavy atom. The second-order valence-corrected chi connectivity index (χ2v) is 5.30. The van der Waals surface area contributed by atoms with Gasteiger partial charge in [-0.25, -0.2) is 4.98 Å². The molecule has 78 valence electrons. The van der Waals surface area contributed by atoms with Gasteiger partial charge in [0.1, 0.15) is 5.01 Å². The van der Waals surface area contributed by atoms with Crippen molar-refractivity contribution in [2.45, 2.75) is 6.61 Å². The van der Waals surface area contributed by atoms with Crippen molar-refractivity contribution in [2.24, 2.45) is 0 Å². The zero-order chi connectivity index (χ0) is 10.8. The first-order valence-corrected chi connectivity index (χ1v) is 6.20. The molecule has 5 heteroatoms. The Kier molecular flexibility index (Phi) is 3.41. The lowest BCUT2D eigenvalue weighted by molar-refractivity contribution is 0.285. The zero-order valence-corrected chi connectivity index (χ0v) is 10.7. The van der Waals surface area contributed by atoms with E-state index in [0.717, 1.165) is 19.9 Å². The molecule has 0 saturated carbocycles. The number of rotatable bonds is 2. The maximum absolute atomic E-state index is 8.93. The average Bonchev–Trinajstić information content (AvgIpc) is 2.70. The highest BCUT2D eigenvalue weighted by molar-refractivity contribution is 9.10. The molecule has 1 aromatic heterocycles. The van der Waals surface area contributed by atoms with Gasteiger partial charge >= 0.3 is 0 Å². The van der Waals surface area contributed by atoms with Crippen molar-refractivity contribution in [3.63, 3.8) is 0 Å². The smallest absolute Gasteiger partial charge is 0.123 e. The van der Waals surface area contributed by atoms with Gasteiger partial charge in [0.2, 0.25) is 0 Å². The number of aliphatic hydroxyl groups excluding tert-OH is 1. The van der Waals surface area contributed by atoms with Crippen molar-refractivity contribution < 1.29 is 5.11 Å². The Hall–Kier alpha value is -0.420. The van der Waals surface area contributed by atoms with Crippen molar-refractivity contribution in [3.8, 4) is 10.6 Å². The molecular weight excluding hydrogens is 298 g/mol. The highest BCUT2D eigenvalue weighted by Crippen LogP contribution is 2.30. The zero-order valence-electron chi connectivity index (χ0n) is 7.58. The van der Waals surface area contributed by atoms with Gasteiger partial charge in [-0.3, -0.25) is 0 Å². The van der Waals surface area contributed by atoms with Crippen LogP contribution in [0.2, 0.25) is 5.02 Å². The van der Waals surface area contributed by atoms with E-state index in [1.54, 1.807) is 6.20 Å². The van der Waals surface area contributed by atoms with E-state index in [9.17, 15) is 0 Å². The van der Waals surface area contributed by atoms with E-state index in [1.165, 1.54) is 11.3 Å². The summed E-state index contributed by atoms with van der Waals surface area (Å²) in [5, 5.41) is 10.5. The summed E-state index contributed by atoms with van der Waals surface area (Å²) in [6.45, 7) is 0.0297. The summed E-state index contributed by atoms with van der Waals surface area (Å²) < 4.78 is 0.867. The third-order valence-electron chi connectivity index (χ3n) is 1.88. The first-order valence-electron chi connectivity index (χ1n) is 4.21. The lowest BCUT2D eigenvalue weighted by Gasteiger charge is -1.98. The molecule has 0 amide bonds. The average molecular weight is 305 g/mol. The molecule has 1 aromatic carbocycles. The van der Waals surface area contributed by atoms with Crippen LogP contribution in [0.1, 0.15) is 4.88 Å². The van der Waals surface area contributed by atoms with E-state index in [4.69, 9.17) is 16.7 Å². The Bertz CT molecular complexity index is 486. The number of halogens is 2. The van der Waals surface area contributed by atoms with Crippen molar-refractivity contribution >= 4 is 38.9 Å². The molecule has 2 rings (SSSR count). The van der Waals surface area contributed by atoms with Crippen LogP contribution in [0, 0.1) is 0 Å². The molecule has 0 atom stereocenters. The largest absolute Gasteiger partial charge is 0.391 e. The van der Waals surface area contributed by atoms with Gasteiger partial charge in [-0.05, 0) is 28.1 Å². The van der Waals surface area contributed by atoms with Crippen molar-refractivity contribution in [1.29, 1.82) is 0 Å². The standard InChI is InChI=1S/C10H7BrClNOS/c11-8-2-1-6(3-9(8)12)10-13-4-7(5-14)15-10/h1-4,14H,5H2. The van der Waals surface area contributed by atoms with Crippen LogP contribution in [0.25, 0.3) is 10.6 Å². The molecule has 0 aliphatic heterocycles. The fraction of sp³-hybridized carbons (Fsp3) is 0.100. The molecule has 0 spiro atoms. The molecule has 2 nitrogen and oxygen atoms in total. The van der Waals surface area contributed by atoms with Gasteiger partial charge in [0.25, 0.3) is 0 Å². The van der Waals surface area contributed by atoms with E-state index in [2.05, 4.69) is 20.9 Å². The second-order valence-electron chi connectivity index (χ2n) is 2.92. The fourth-order valence-electron chi connectivity index (χ4n) is 1.14. The quantitative estimate of drug-likeness (QED) is 0.917. The molecular formula is C10H7BrClNOS. The van der Waals surface area contributed by atoms with E-state index in [0.29, 0.717) is 5.02 Å². The summed E-state index contributed by atoms with van der Waals surface area (Å²) in [6.07, 6.45) is 1.68. The lowest BCUT2D eigenvalue weighted by atomic mass is 10.2. The lowest BCUT2D eigenvalue weighted by Crippen LogP contribution is -1.76. The molecule has 2 aromatic rings. The van der Waals surface area contributed by atoms with Crippen LogP contribution >= 0.6 is 38.9 Å². The monoisotopic (exact) mass is 303 g/mol. The Morgan fingerprint density at radius 3 is 2.87 bits per heavy atom. The third-order valence-corrected chi connectivity index (χ3v) is 4.14. The first-order chi connectivity index (χ1) is 7.20. The van der Waals surface area contributed by atoms with E-state index < -0.39 is 0 Å². The van der Waals surface area contributed by atoms with Crippen LogP contribution in [0.4, 0.5) is 0 Å². The number of aliphatic hydroxyl groups is 1. The van der Waals surface area contributed by atoms with Gasteiger partial charge in [-0.1, -0.05) is 17.7 Å². The van der Waals surface area contributed by atoms with Gasteiger partial charge in [0, 0.05) is 16.2 Å². The van der Waals surface area contributed by atoms with Crippen LogP contribution in [0.15, 0.2) is 28.9 Å². The van der Waals surface area contributed by atoms with Gasteiger partial charge < -0.3 is 5.11 Å². The Balaban J connectivity index is 2.40. The molecule has 0 radical (unpaired) electrons. The Labute approximate surface area is 105 Å². The van der Waals surface area contributed by atoms with Crippen molar-refractivity contribution in [1.82, 2.24) is 4.98 Å². The summed E-state index contributed by atoms with van der Waals surface area (Å²) in [7, 11) is 0. The number of hydrogen-bond donors (Lipinski definition) is 1. The van der Waals surface area contributed by atoms with Crippen molar-refractivity contribution in [3.05, 3.63) is 38.8 Å². The summed E-state index contributed by atoms with van der Waals surface area (Å²) in [4.78, 5) is 5.06. The predicted molar refractivity (Wildman–Crippen MR) is 66.2 cm³/mol. The minimum absolute atomic E-state index is 0.0297. The highest BCUT2D eigenvalue weighted by Gasteiger charge is 2.06. The van der Waals surface area contributed by atoms with Gasteiger partial charge in [-0.15, -0.1) is 11.3 Å². The highest BCUT2D eigenvalue weighted by atomic mass is 79.9. The minimum atomic E-state index is 0.0297. The molecule has 0 aliphatic rings. The topological polar surface area (TPSA) is 33.1 Å². The number of benzene rings is 1. The maximum atomic E-state index is 8.93. The normalized spacial score (nSPS) is 10.6. The van der Waals surface area contributed by atoms with E-state index >= 15 is 0 Å². The summed E-state index contributed by atoms with van der Waals surface area (Å²) in [6, 6.07) is 5.68. The molecule has 1 N–H and O–H groups in total. The second kappa shape index (κ2) is 4.61. The van der Waals surface area contributed by atoms with Gasteiger partial charge in [0.15, 0.2) is 0 Å². The number of aromatic nitrogens is 1. The SMILES string of the molecule is OCc1cnc(-c2ccc(Br)c(Cl)c2)s1. The minimum Gasteiger partial charge on any atom is -0.391 e. The van der Waals surface area contributed by atoms with Crippen LogP contribution in [0.3, 0.4) is 0 Å². The molecule has 1 heterocycles. The predicted octanol–water partition coefficient (Wildman–Crippen LogP) is 3.72. The summed E-state index contributed by atoms with van der Waals surface area (Å²) in [5.74, 6) is 0. The van der Waals surface area contributed by atoms with Crippen LogP contribution < -0.4 is 0 Å². The fourth-order valence-corrected chi connectivity index (χ4v) is 2.34. The molecule has 0 saturated heterocycles. The molecule has 0 aliphatic carbocycles. The van der Waals surface area contributed by atoms with Crippen LogP contribution in [-0.2, 0) is 6.61 Å². The molecule has 0 unspecified atom stereocenters. The number of hydrogen-bond acceptors (Lipinski definition) is 3. The van der Waals surface area contributed by atoms with E-state index in [-0.39, 0.29) is 6.61 Å². The molecule has 0 bridgehead atoms. The van der Waals surface area contributed by atoms with Crippen molar-refractivity contribution in [2.75, 3.05) is 0 Å². The van der Waals surface area contributed by atoms with Gasteiger partial charge in [-0.2, -0.15) is 0 Å². The van der Waals surface area contributed by atoms with E-state index in [1.807, 2.05) is 18.2 Å². The van der Waals surface area contributed by atoms with Gasteiger partial charge in [0.05, 0.1) is 16.5 Å². The number of nitrogens with zero attached hydrogens (tertiary/aromatic N) is 1. The molecule has 15 heavy (non-hydrogen) atoms. The molecule has 0 fully saturated rings. The van der Waals surface area contributed by atoms with Crippen LogP contribution in [0.5, 0.6) is 0 Å². The third kappa shape index (κ3) is 2.39. The maximum Gasteiger partial charge on any atom is 0.123 e.